The fraction of sp³-hybridized carbons (Fsp3) is 0.500. The fourth-order valence-electron chi connectivity index (χ4n) is 1.62. The molecule has 2 rings (SSSR count). The van der Waals surface area contributed by atoms with Crippen LogP contribution in [0.15, 0.2) is 18.2 Å². The van der Waals surface area contributed by atoms with Crippen LogP contribution >= 0.6 is 0 Å². The van der Waals surface area contributed by atoms with Gasteiger partial charge in [0.15, 0.2) is 0 Å². The van der Waals surface area contributed by atoms with Crippen LogP contribution in [0.5, 0.6) is 5.75 Å². The summed E-state index contributed by atoms with van der Waals surface area (Å²) in [5.74, 6) is 0.353. The van der Waals surface area contributed by atoms with Gasteiger partial charge in [-0.25, -0.2) is 4.39 Å². The molecule has 1 aromatic carbocycles. The van der Waals surface area contributed by atoms with Crippen molar-refractivity contribution >= 4 is 5.69 Å². The molecule has 2 nitrogen and oxygen atoms in total. The molecule has 1 N–H and O–H groups in total. The molecule has 82 valence electrons. The fourth-order valence-corrected chi connectivity index (χ4v) is 1.62. The lowest BCUT2D eigenvalue weighted by Gasteiger charge is -2.35. The molecule has 0 spiro atoms. The summed E-state index contributed by atoms with van der Waals surface area (Å²) < 4.78 is 18.8. The first-order valence-corrected chi connectivity index (χ1v) is 5.17. The van der Waals surface area contributed by atoms with Gasteiger partial charge >= 0.3 is 0 Å². The molecule has 0 radical (unpaired) electrons. The zero-order valence-electron chi connectivity index (χ0n) is 9.30. The highest BCUT2D eigenvalue weighted by Gasteiger charge is 2.30. The minimum Gasteiger partial charge on any atom is -0.486 e. The SMILES string of the molecule is CC(C)(C)C1CNc2ccc(F)cc2O1. The standard InChI is InChI=1S/C12H16FNO/c1-12(2,3)11-7-14-9-5-4-8(13)6-10(9)15-11/h4-6,11,14H,7H2,1-3H3. The average molecular weight is 209 g/mol. The number of nitrogens with one attached hydrogen (secondary N) is 1. The van der Waals surface area contributed by atoms with E-state index in [0.29, 0.717) is 5.75 Å². The lowest BCUT2D eigenvalue weighted by Crippen LogP contribution is -2.41. The Balaban J connectivity index is 2.26. The first-order chi connectivity index (χ1) is 6.97. The Morgan fingerprint density at radius 3 is 2.80 bits per heavy atom. The molecule has 0 fully saturated rings. The van der Waals surface area contributed by atoms with Crippen molar-refractivity contribution in [1.82, 2.24) is 0 Å². The summed E-state index contributed by atoms with van der Waals surface area (Å²) in [5, 5.41) is 3.25. The molecule has 1 unspecified atom stereocenters. The topological polar surface area (TPSA) is 21.3 Å². The van der Waals surface area contributed by atoms with E-state index in [0.717, 1.165) is 12.2 Å². The summed E-state index contributed by atoms with van der Waals surface area (Å²) in [6.45, 7) is 7.11. The van der Waals surface area contributed by atoms with E-state index in [-0.39, 0.29) is 17.3 Å². The van der Waals surface area contributed by atoms with E-state index in [2.05, 4.69) is 26.1 Å². The van der Waals surface area contributed by atoms with Gasteiger partial charge in [-0.1, -0.05) is 20.8 Å². The monoisotopic (exact) mass is 209 g/mol. The quantitative estimate of drug-likeness (QED) is 0.709. The molecule has 0 bridgehead atoms. The molecule has 3 heteroatoms. The van der Waals surface area contributed by atoms with E-state index >= 15 is 0 Å². The smallest absolute Gasteiger partial charge is 0.145 e. The van der Waals surface area contributed by atoms with Crippen molar-refractivity contribution in [3.8, 4) is 5.75 Å². The Morgan fingerprint density at radius 2 is 2.13 bits per heavy atom. The zero-order chi connectivity index (χ0) is 11.1. The van der Waals surface area contributed by atoms with Crippen LogP contribution in [0.25, 0.3) is 0 Å². The van der Waals surface area contributed by atoms with E-state index < -0.39 is 0 Å². The van der Waals surface area contributed by atoms with Crippen molar-refractivity contribution in [2.75, 3.05) is 11.9 Å². The van der Waals surface area contributed by atoms with Crippen LogP contribution in [0, 0.1) is 11.2 Å². The molecule has 1 aliphatic rings. The number of rotatable bonds is 0. The molecule has 0 amide bonds. The van der Waals surface area contributed by atoms with Crippen molar-refractivity contribution in [1.29, 1.82) is 0 Å². The molecule has 1 atom stereocenters. The van der Waals surface area contributed by atoms with Gasteiger partial charge in [-0.3, -0.25) is 0 Å². The van der Waals surface area contributed by atoms with Crippen molar-refractivity contribution in [3.05, 3.63) is 24.0 Å². The third kappa shape index (κ3) is 2.06. The van der Waals surface area contributed by atoms with Crippen LogP contribution in [-0.2, 0) is 0 Å². The number of fused-ring (bicyclic) bond motifs is 1. The predicted octanol–water partition coefficient (Wildman–Crippen LogP) is 3.04. The third-order valence-corrected chi connectivity index (χ3v) is 2.66. The molecule has 1 aromatic rings. The van der Waals surface area contributed by atoms with Crippen LogP contribution in [-0.4, -0.2) is 12.6 Å². The van der Waals surface area contributed by atoms with Gasteiger partial charge in [0.1, 0.15) is 17.7 Å². The summed E-state index contributed by atoms with van der Waals surface area (Å²) >= 11 is 0. The van der Waals surface area contributed by atoms with Gasteiger partial charge in [-0.15, -0.1) is 0 Å². The van der Waals surface area contributed by atoms with Crippen LogP contribution in [0.2, 0.25) is 0 Å². The second-order valence-electron chi connectivity index (χ2n) is 4.99. The Kier molecular flexibility index (Phi) is 2.33. The van der Waals surface area contributed by atoms with Gasteiger partial charge < -0.3 is 10.1 Å². The molecule has 0 saturated carbocycles. The summed E-state index contributed by atoms with van der Waals surface area (Å²) in [6.07, 6.45) is 0.0757. The Morgan fingerprint density at radius 1 is 1.40 bits per heavy atom. The Labute approximate surface area is 89.4 Å². The van der Waals surface area contributed by atoms with Gasteiger partial charge in [0.25, 0.3) is 0 Å². The normalized spacial score (nSPS) is 20.1. The largest absolute Gasteiger partial charge is 0.486 e. The first kappa shape index (κ1) is 10.3. The van der Waals surface area contributed by atoms with E-state index in [4.69, 9.17) is 4.74 Å². The van der Waals surface area contributed by atoms with E-state index in [1.54, 1.807) is 6.07 Å². The van der Waals surface area contributed by atoms with Gasteiger partial charge in [0.05, 0.1) is 12.2 Å². The maximum atomic E-state index is 13.0. The molecule has 0 aromatic heterocycles. The maximum absolute atomic E-state index is 13.0. The van der Waals surface area contributed by atoms with Gasteiger partial charge in [0.2, 0.25) is 0 Å². The summed E-state index contributed by atoms with van der Waals surface area (Å²) in [4.78, 5) is 0. The van der Waals surface area contributed by atoms with E-state index in [1.807, 2.05) is 0 Å². The minimum atomic E-state index is -0.259. The number of hydrogen-bond donors (Lipinski definition) is 1. The second kappa shape index (κ2) is 3.40. The third-order valence-electron chi connectivity index (χ3n) is 2.66. The van der Waals surface area contributed by atoms with Crippen LogP contribution in [0.4, 0.5) is 10.1 Å². The van der Waals surface area contributed by atoms with Crippen molar-refractivity contribution in [2.24, 2.45) is 5.41 Å². The second-order valence-corrected chi connectivity index (χ2v) is 4.99. The Bertz CT molecular complexity index is 370. The average Bonchev–Trinajstić information content (AvgIpc) is 2.15. The number of ether oxygens (including phenoxy) is 1. The predicted molar refractivity (Wildman–Crippen MR) is 58.8 cm³/mol. The van der Waals surface area contributed by atoms with E-state index in [1.165, 1.54) is 12.1 Å². The molecule has 0 saturated heterocycles. The van der Waals surface area contributed by atoms with Crippen LogP contribution in [0.3, 0.4) is 0 Å². The first-order valence-electron chi connectivity index (χ1n) is 5.17. The summed E-state index contributed by atoms with van der Waals surface area (Å²) in [6, 6.07) is 4.58. The van der Waals surface area contributed by atoms with Gasteiger partial charge in [-0.05, 0) is 12.1 Å². The molecule has 0 aliphatic carbocycles. The maximum Gasteiger partial charge on any atom is 0.145 e. The lowest BCUT2D eigenvalue weighted by molar-refractivity contribution is 0.0918. The summed E-state index contributed by atoms with van der Waals surface area (Å²) in [5.41, 5.74) is 0.925. The van der Waals surface area contributed by atoms with Crippen molar-refractivity contribution in [3.63, 3.8) is 0 Å². The lowest BCUT2D eigenvalue weighted by atomic mass is 9.88. The highest BCUT2D eigenvalue weighted by Crippen LogP contribution is 2.34. The molecule has 15 heavy (non-hydrogen) atoms. The number of benzene rings is 1. The number of hydrogen-bond acceptors (Lipinski definition) is 2. The van der Waals surface area contributed by atoms with Gasteiger partial charge in [-0.2, -0.15) is 0 Å². The molecular weight excluding hydrogens is 193 g/mol. The highest BCUT2D eigenvalue weighted by molar-refractivity contribution is 5.58. The molecule has 1 aliphatic heterocycles. The molecule has 1 heterocycles. The van der Waals surface area contributed by atoms with Gasteiger partial charge in [0, 0.05) is 11.5 Å². The zero-order valence-corrected chi connectivity index (χ0v) is 9.30. The van der Waals surface area contributed by atoms with Crippen LogP contribution in [0.1, 0.15) is 20.8 Å². The number of halogens is 1. The minimum absolute atomic E-state index is 0.0526. The van der Waals surface area contributed by atoms with E-state index in [9.17, 15) is 4.39 Å². The number of anilines is 1. The molecular formula is C12H16FNO. The highest BCUT2D eigenvalue weighted by atomic mass is 19.1. The Hall–Kier alpha value is -1.25. The van der Waals surface area contributed by atoms with Crippen LogP contribution < -0.4 is 10.1 Å². The van der Waals surface area contributed by atoms with Crippen molar-refractivity contribution in [2.45, 2.75) is 26.9 Å². The van der Waals surface area contributed by atoms with Crippen molar-refractivity contribution < 1.29 is 9.13 Å². The summed E-state index contributed by atoms with van der Waals surface area (Å²) in [7, 11) is 0.